The van der Waals surface area contributed by atoms with Crippen LogP contribution in [0.4, 0.5) is 0 Å². The molecule has 2 nitrogen and oxygen atoms in total. The summed E-state index contributed by atoms with van der Waals surface area (Å²) in [5, 5.41) is 3.73. The molecule has 0 saturated carbocycles. The highest BCUT2D eigenvalue weighted by Crippen LogP contribution is 2.21. The van der Waals surface area contributed by atoms with Gasteiger partial charge in [0, 0.05) is 12.6 Å². The molecule has 2 rings (SSSR count). The molecule has 2 heteroatoms. The van der Waals surface area contributed by atoms with E-state index in [1.54, 1.807) is 0 Å². The Labute approximate surface area is 117 Å². The van der Waals surface area contributed by atoms with Gasteiger partial charge in [0.1, 0.15) is 0 Å². The molecule has 0 bridgehead atoms. The number of benzene rings is 1. The summed E-state index contributed by atoms with van der Waals surface area (Å²) in [5.41, 5.74) is 2.80. The Morgan fingerprint density at radius 2 is 2.32 bits per heavy atom. The Morgan fingerprint density at radius 1 is 1.42 bits per heavy atom. The fourth-order valence-electron chi connectivity index (χ4n) is 2.91. The topological polar surface area (TPSA) is 21.3 Å². The molecule has 1 fully saturated rings. The third kappa shape index (κ3) is 4.63. The van der Waals surface area contributed by atoms with E-state index in [1.807, 2.05) is 0 Å². The van der Waals surface area contributed by atoms with E-state index >= 15 is 0 Å². The number of aryl methyl sites for hydroxylation is 1. The summed E-state index contributed by atoms with van der Waals surface area (Å²) in [7, 11) is 0. The van der Waals surface area contributed by atoms with Gasteiger partial charge in [-0.15, -0.1) is 0 Å². The molecular formula is C17H27NO. The Balaban J connectivity index is 1.99. The summed E-state index contributed by atoms with van der Waals surface area (Å²) < 4.78 is 5.66. The highest BCUT2D eigenvalue weighted by atomic mass is 16.5. The Hall–Kier alpha value is -0.860. The van der Waals surface area contributed by atoms with E-state index in [9.17, 15) is 0 Å². The quantitative estimate of drug-likeness (QED) is 0.848. The summed E-state index contributed by atoms with van der Waals surface area (Å²) in [6.07, 6.45) is 4.82. The summed E-state index contributed by atoms with van der Waals surface area (Å²) in [4.78, 5) is 0. The molecule has 0 spiro atoms. The van der Waals surface area contributed by atoms with Crippen molar-refractivity contribution >= 4 is 0 Å². The summed E-state index contributed by atoms with van der Waals surface area (Å²) >= 11 is 0. The van der Waals surface area contributed by atoms with Gasteiger partial charge in [0.2, 0.25) is 0 Å². The Bertz CT molecular complexity index is 371. The van der Waals surface area contributed by atoms with Crippen molar-refractivity contribution in [3.05, 3.63) is 35.4 Å². The molecule has 2 atom stereocenters. The molecule has 1 heterocycles. The standard InChI is InChI=1S/C17H27NO/c1-3-9-18-17(16-8-5-10-19-13-16)12-15-7-4-6-14(2)11-15/h4,6-7,11,16-18H,3,5,8-10,12-13H2,1-2H3. The van der Waals surface area contributed by atoms with Crippen LogP contribution in [0.1, 0.15) is 37.3 Å². The third-order valence-corrected chi connectivity index (χ3v) is 3.96. The summed E-state index contributed by atoms with van der Waals surface area (Å²) in [6, 6.07) is 9.45. The summed E-state index contributed by atoms with van der Waals surface area (Å²) in [6.45, 7) is 7.37. The van der Waals surface area contributed by atoms with E-state index in [1.165, 1.54) is 30.4 Å². The van der Waals surface area contributed by atoms with Crippen LogP contribution in [0.25, 0.3) is 0 Å². The second-order valence-electron chi connectivity index (χ2n) is 5.73. The zero-order valence-electron chi connectivity index (χ0n) is 12.3. The van der Waals surface area contributed by atoms with E-state index in [0.717, 1.165) is 26.2 Å². The number of hydrogen-bond donors (Lipinski definition) is 1. The lowest BCUT2D eigenvalue weighted by molar-refractivity contribution is 0.0393. The molecular weight excluding hydrogens is 234 g/mol. The second-order valence-corrected chi connectivity index (χ2v) is 5.73. The van der Waals surface area contributed by atoms with Crippen molar-refractivity contribution < 1.29 is 4.74 Å². The average molecular weight is 261 g/mol. The molecule has 1 aliphatic rings. The van der Waals surface area contributed by atoms with Crippen LogP contribution in [0.3, 0.4) is 0 Å². The summed E-state index contributed by atoms with van der Waals surface area (Å²) in [5.74, 6) is 0.667. The zero-order valence-corrected chi connectivity index (χ0v) is 12.3. The van der Waals surface area contributed by atoms with Crippen molar-refractivity contribution in [2.45, 2.75) is 45.6 Å². The van der Waals surface area contributed by atoms with Crippen molar-refractivity contribution in [2.24, 2.45) is 5.92 Å². The molecule has 1 N–H and O–H groups in total. The fourth-order valence-corrected chi connectivity index (χ4v) is 2.91. The van der Waals surface area contributed by atoms with E-state index in [0.29, 0.717) is 12.0 Å². The highest BCUT2D eigenvalue weighted by Gasteiger charge is 2.23. The Kier molecular flexibility index (Phi) is 5.87. The van der Waals surface area contributed by atoms with E-state index in [-0.39, 0.29) is 0 Å². The molecule has 1 aromatic rings. The first kappa shape index (κ1) is 14.5. The first-order valence-electron chi connectivity index (χ1n) is 7.66. The van der Waals surface area contributed by atoms with E-state index < -0.39 is 0 Å². The molecule has 19 heavy (non-hydrogen) atoms. The first-order chi connectivity index (χ1) is 9.29. The van der Waals surface area contributed by atoms with Gasteiger partial charge >= 0.3 is 0 Å². The van der Waals surface area contributed by atoms with Crippen LogP contribution < -0.4 is 5.32 Å². The van der Waals surface area contributed by atoms with Crippen LogP contribution in [0, 0.1) is 12.8 Å². The van der Waals surface area contributed by atoms with Gasteiger partial charge in [-0.1, -0.05) is 36.8 Å². The number of rotatable bonds is 6. The van der Waals surface area contributed by atoms with Crippen molar-refractivity contribution in [1.82, 2.24) is 5.32 Å². The SMILES string of the molecule is CCCNC(Cc1cccc(C)c1)C1CCCOC1. The van der Waals surface area contributed by atoms with Crippen LogP contribution in [0.15, 0.2) is 24.3 Å². The van der Waals surface area contributed by atoms with E-state index in [4.69, 9.17) is 4.74 Å². The molecule has 1 aromatic carbocycles. The fraction of sp³-hybridized carbons (Fsp3) is 0.647. The smallest absolute Gasteiger partial charge is 0.0509 e. The minimum atomic E-state index is 0.557. The molecule has 0 amide bonds. The molecule has 106 valence electrons. The first-order valence-corrected chi connectivity index (χ1v) is 7.66. The molecule has 0 radical (unpaired) electrons. The monoisotopic (exact) mass is 261 g/mol. The van der Waals surface area contributed by atoms with Gasteiger partial charge in [-0.3, -0.25) is 0 Å². The average Bonchev–Trinajstić information content (AvgIpc) is 2.44. The molecule has 2 unspecified atom stereocenters. The van der Waals surface area contributed by atoms with Gasteiger partial charge < -0.3 is 10.1 Å². The highest BCUT2D eigenvalue weighted by molar-refractivity contribution is 5.23. The predicted octanol–water partition coefficient (Wildman–Crippen LogP) is 3.33. The van der Waals surface area contributed by atoms with Gasteiger partial charge in [0.05, 0.1) is 6.61 Å². The van der Waals surface area contributed by atoms with Gasteiger partial charge in [-0.25, -0.2) is 0 Å². The minimum absolute atomic E-state index is 0.557. The van der Waals surface area contributed by atoms with E-state index in [2.05, 4.69) is 43.4 Å². The predicted molar refractivity (Wildman–Crippen MR) is 80.5 cm³/mol. The maximum absolute atomic E-state index is 5.66. The molecule has 1 saturated heterocycles. The zero-order chi connectivity index (χ0) is 13.5. The maximum atomic E-state index is 5.66. The second kappa shape index (κ2) is 7.66. The van der Waals surface area contributed by atoms with Crippen LogP contribution >= 0.6 is 0 Å². The van der Waals surface area contributed by atoms with Crippen molar-refractivity contribution in [1.29, 1.82) is 0 Å². The van der Waals surface area contributed by atoms with Crippen LogP contribution in [-0.2, 0) is 11.2 Å². The van der Waals surface area contributed by atoms with Crippen molar-refractivity contribution in [2.75, 3.05) is 19.8 Å². The molecule has 1 aliphatic heterocycles. The van der Waals surface area contributed by atoms with Crippen LogP contribution in [0.2, 0.25) is 0 Å². The van der Waals surface area contributed by atoms with Gasteiger partial charge in [0.15, 0.2) is 0 Å². The lowest BCUT2D eigenvalue weighted by Gasteiger charge is -2.31. The van der Waals surface area contributed by atoms with Gasteiger partial charge in [-0.2, -0.15) is 0 Å². The van der Waals surface area contributed by atoms with Crippen LogP contribution in [0.5, 0.6) is 0 Å². The van der Waals surface area contributed by atoms with Crippen LogP contribution in [-0.4, -0.2) is 25.8 Å². The maximum Gasteiger partial charge on any atom is 0.0509 e. The van der Waals surface area contributed by atoms with Crippen molar-refractivity contribution in [3.8, 4) is 0 Å². The number of ether oxygens (including phenoxy) is 1. The van der Waals surface area contributed by atoms with Gasteiger partial charge in [0.25, 0.3) is 0 Å². The minimum Gasteiger partial charge on any atom is -0.381 e. The van der Waals surface area contributed by atoms with Crippen molar-refractivity contribution in [3.63, 3.8) is 0 Å². The third-order valence-electron chi connectivity index (χ3n) is 3.96. The molecule has 0 aromatic heterocycles. The van der Waals surface area contributed by atoms with Gasteiger partial charge in [-0.05, 0) is 50.6 Å². The normalized spacial score (nSPS) is 21.3. The Morgan fingerprint density at radius 3 is 3.00 bits per heavy atom. The lowest BCUT2D eigenvalue weighted by Crippen LogP contribution is -2.42. The number of nitrogens with one attached hydrogen (secondary N) is 1. The lowest BCUT2D eigenvalue weighted by atomic mass is 9.89. The number of hydrogen-bond acceptors (Lipinski definition) is 2. The largest absolute Gasteiger partial charge is 0.381 e. The molecule has 0 aliphatic carbocycles.